The number of hydrogen-bond acceptors (Lipinski definition) is 5. The molecule has 0 unspecified atom stereocenters. The second-order valence-electron chi connectivity index (χ2n) is 4.62. The van der Waals surface area contributed by atoms with Crippen molar-refractivity contribution in [2.75, 3.05) is 24.6 Å². The topological polar surface area (TPSA) is 72.1 Å². The molecule has 0 radical (unpaired) electrons. The van der Waals surface area contributed by atoms with Gasteiger partial charge in [0.15, 0.2) is 5.82 Å². The van der Waals surface area contributed by atoms with E-state index < -0.39 is 0 Å². The number of carbonyl (C=O) groups is 1. The van der Waals surface area contributed by atoms with E-state index in [1.807, 2.05) is 4.90 Å². The van der Waals surface area contributed by atoms with Gasteiger partial charge in [-0.05, 0) is 12.8 Å². The van der Waals surface area contributed by atoms with E-state index in [9.17, 15) is 4.79 Å². The summed E-state index contributed by atoms with van der Waals surface area (Å²) in [7, 11) is 0. The van der Waals surface area contributed by atoms with E-state index in [0.29, 0.717) is 16.6 Å². The molecular formula is C14H24N4OS. The summed E-state index contributed by atoms with van der Waals surface area (Å²) in [5.74, 6) is 0.914. The van der Waals surface area contributed by atoms with Crippen LogP contribution in [0.5, 0.6) is 0 Å². The van der Waals surface area contributed by atoms with Gasteiger partial charge < -0.3 is 10.6 Å². The Morgan fingerprint density at radius 3 is 2.35 bits per heavy atom. The number of nitrogens with two attached hydrogens (primary N) is 1. The highest BCUT2D eigenvalue weighted by atomic mass is 32.2. The SMILES string of the molecule is CCCCN(CCCC)C(=O)CSc1nccnc1N. The van der Waals surface area contributed by atoms with Gasteiger partial charge in [0.05, 0.1) is 5.75 Å². The maximum atomic E-state index is 12.3. The van der Waals surface area contributed by atoms with E-state index in [4.69, 9.17) is 5.73 Å². The van der Waals surface area contributed by atoms with Crippen LogP contribution in [0.2, 0.25) is 0 Å². The third kappa shape index (κ3) is 5.77. The lowest BCUT2D eigenvalue weighted by Crippen LogP contribution is -2.34. The zero-order chi connectivity index (χ0) is 14.8. The van der Waals surface area contributed by atoms with Crippen molar-refractivity contribution in [1.82, 2.24) is 14.9 Å². The van der Waals surface area contributed by atoms with Crippen LogP contribution in [0.4, 0.5) is 5.82 Å². The summed E-state index contributed by atoms with van der Waals surface area (Å²) >= 11 is 1.36. The van der Waals surface area contributed by atoms with Crippen molar-refractivity contribution in [3.05, 3.63) is 12.4 Å². The third-order valence-corrected chi connectivity index (χ3v) is 3.92. The minimum atomic E-state index is 0.155. The Bertz CT molecular complexity index is 406. The number of carbonyl (C=O) groups excluding carboxylic acids is 1. The standard InChI is InChI=1S/C14H24N4OS/c1-3-5-9-18(10-6-4-2)12(19)11-20-14-13(15)16-7-8-17-14/h7-8H,3-6,9-11H2,1-2H3,(H2,15,16). The lowest BCUT2D eigenvalue weighted by molar-refractivity contribution is -0.128. The lowest BCUT2D eigenvalue weighted by Gasteiger charge is -2.22. The first-order valence-corrected chi connectivity index (χ1v) is 8.14. The number of amides is 1. The van der Waals surface area contributed by atoms with Crippen molar-refractivity contribution in [3.8, 4) is 0 Å². The molecule has 6 heteroatoms. The van der Waals surface area contributed by atoms with Gasteiger partial charge in [0.1, 0.15) is 5.03 Å². The zero-order valence-corrected chi connectivity index (χ0v) is 13.2. The van der Waals surface area contributed by atoms with E-state index in [2.05, 4.69) is 23.8 Å². The molecule has 112 valence electrons. The Morgan fingerprint density at radius 2 is 1.80 bits per heavy atom. The van der Waals surface area contributed by atoms with Crippen LogP contribution in [-0.2, 0) is 4.79 Å². The molecule has 0 aromatic carbocycles. The van der Waals surface area contributed by atoms with Crippen molar-refractivity contribution >= 4 is 23.5 Å². The van der Waals surface area contributed by atoms with Gasteiger partial charge in [-0.15, -0.1) is 0 Å². The number of unbranched alkanes of at least 4 members (excludes halogenated alkanes) is 2. The van der Waals surface area contributed by atoms with Crippen LogP contribution in [0, 0.1) is 0 Å². The molecule has 5 nitrogen and oxygen atoms in total. The van der Waals surface area contributed by atoms with Gasteiger partial charge in [-0.3, -0.25) is 4.79 Å². The largest absolute Gasteiger partial charge is 0.381 e. The molecule has 0 spiro atoms. The number of hydrogen-bond donors (Lipinski definition) is 1. The predicted octanol–water partition coefficient (Wildman–Crippen LogP) is 2.58. The molecule has 0 aliphatic rings. The summed E-state index contributed by atoms with van der Waals surface area (Å²) in [6.45, 7) is 5.95. The molecule has 0 saturated heterocycles. The van der Waals surface area contributed by atoms with Gasteiger partial charge in [-0.2, -0.15) is 0 Å². The van der Waals surface area contributed by atoms with Crippen LogP contribution < -0.4 is 5.73 Å². The summed E-state index contributed by atoms with van der Waals surface area (Å²) in [6.07, 6.45) is 7.44. The van der Waals surface area contributed by atoms with Gasteiger partial charge in [-0.25, -0.2) is 9.97 Å². The molecule has 1 rings (SSSR count). The number of thioether (sulfide) groups is 1. The highest BCUT2D eigenvalue weighted by molar-refractivity contribution is 8.00. The summed E-state index contributed by atoms with van der Waals surface area (Å²) in [5.41, 5.74) is 5.72. The summed E-state index contributed by atoms with van der Waals surface area (Å²) in [6, 6.07) is 0. The van der Waals surface area contributed by atoms with E-state index in [-0.39, 0.29) is 5.91 Å². The van der Waals surface area contributed by atoms with Crippen LogP contribution in [0.15, 0.2) is 17.4 Å². The Kier molecular flexibility index (Phi) is 8.02. The van der Waals surface area contributed by atoms with Crippen LogP contribution in [-0.4, -0.2) is 39.6 Å². The number of rotatable bonds is 9. The first-order valence-electron chi connectivity index (χ1n) is 7.16. The highest BCUT2D eigenvalue weighted by Gasteiger charge is 2.14. The molecule has 0 fully saturated rings. The molecule has 0 bridgehead atoms. The van der Waals surface area contributed by atoms with E-state index >= 15 is 0 Å². The molecule has 1 aromatic heterocycles. The number of nitrogens with zero attached hydrogens (tertiary/aromatic N) is 3. The highest BCUT2D eigenvalue weighted by Crippen LogP contribution is 2.20. The molecule has 2 N–H and O–H groups in total. The summed E-state index contributed by atoms with van der Waals surface area (Å²) in [5, 5.41) is 0.631. The summed E-state index contributed by atoms with van der Waals surface area (Å²) in [4.78, 5) is 22.3. The van der Waals surface area contributed by atoms with Crippen molar-refractivity contribution < 1.29 is 4.79 Å². The second kappa shape index (κ2) is 9.58. The van der Waals surface area contributed by atoms with E-state index in [1.165, 1.54) is 11.8 Å². The normalized spacial score (nSPS) is 10.5. The molecule has 1 heterocycles. The van der Waals surface area contributed by atoms with E-state index in [0.717, 1.165) is 38.8 Å². The molecule has 0 saturated carbocycles. The van der Waals surface area contributed by atoms with Crippen LogP contribution >= 0.6 is 11.8 Å². The average molecular weight is 296 g/mol. The zero-order valence-electron chi connectivity index (χ0n) is 12.3. The Morgan fingerprint density at radius 1 is 1.20 bits per heavy atom. The Hall–Kier alpha value is -1.30. The van der Waals surface area contributed by atoms with Gasteiger partial charge in [0.2, 0.25) is 5.91 Å². The molecule has 0 atom stereocenters. The van der Waals surface area contributed by atoms with Gasteiger partial charge in [-0.1, -0.05) is 38.5 Å². The van der Waals surface area contributed by atoms with Gasteiger partial charge in [0.25, 0.3) is 0 Å². The maximum absolute atomic E-state index is 12.3. The van der Waals surface area contributed by atoms with Crippen molar-refractivity contribution in [2.45, 2.75) is 44.6 Å². The van der Waals surface area contributed by atoms with Crippen LogP contribution in [0.1, 0.15) is 39.5 Å². The fraction of sp³-hybridized carbons (Fsp3) is 0.643. The number of anilines is 1. The van der Waals surface area contributed by atoms with E-state index in [1.54, 1.807) is 12.4 Å². The number of aromatic nitrogens is 2. The smallest absolute Gasteiger partial charge is 0.232 e. The van der Waals surface area contributed by atoms with Crippen LogP contribution in [0.3, 0.4) is 0 Å². The number of nitrogen functional groups attached to an aromatic ring is 1. The Balaban J connectivity index is 2.50. The van der Waals surface area contributed by atoms with Gasteiger partial charge >= 0.3 is 0 Å². The second-order valence-corrected chi connectivity index (χ2v) is 5.59. The van der Waals surface area contributed by atoms with Crippen molar-refractivity contribution in [2.24, 2.45) is 0 Å². The van der Waals surface area contributed by atoms with Crippen molar-refractivity contribution in [1.29, 1.82) is 0 Å². The first kappa shape index (κ1) is 16.8. The average Bonchev–Trinajstić information content (AvgIpc) is 2.46. The minimum absolute atomic E-state index is 0.155. The van der Waals surface area contributed by atoms with Crippen molar-refractivity contribution in [3.63, 3.8) is 0 Å². The molecule has 0 aliphatic carbocycles. The van der Waals surface area contributed by atoms with Crippen LogP contribution in [0.25, 0.3) is 0 Å². The fourth-order valence-electron chi connectivity index (χ4n) is 1.73. The summed E-state index contributed by atoms with van der Waals surface area (Å²) < 4.78 is 0. The minimum Gasteiger partial charge on any atom is -0.381 e. The van der Waals surface area contributed by atoms with Gasteiger partial charge in [0, 0.05) is 25.5 Å². The molecule has 1 aromatic rings. The molecule has 20 heavy (non-hydrogen) atoms. The quantitative estimate of drug-likeness (QED) is 0.709. The fourth-order valence-corrected chi connectivity index (χ4v) is 2.51. The maximum Gasteiger partial charge on any atom is 0.232 e. The third-order valence-electron chi connectivity index (χ3n) is 2.94. The molecular weight excluding hydrogens is 272 g/mol. The Labute approximate surface area is 125 Å². The monoisotopic (exact) mass is 296 g/mol. The predicted molar refractivity (Wildman–Crippen MR) is 83.6 cm³/mol. The lowest BCUT2D eigenvalue weighted by atomic mass is 10.2. The molecule has 0 aliphatic heterocycles. The first-order chi connectivity index (χ1) is 9.69. The molecule has 1 amide bonds.